The van der Waals surface area contributed by atoms with E-state index in [0.717, 1.165) is 32.1 Å². The average Bonchev–Trinajstić information content (AvgIpc) is 3.33. The molecular weight excluding hydrogens is 701 g/mol. The van der Waals surface area contributed by atoms with E-state index in [-0.39, 0.29) is 156 Å². The second-order valence-corrected chi connectivity index (χ2v) is 16.9. The maximum Gasteiger partial charge on any atom is 1.00 e. The molecule has 15 atom stereocenters. The summed E-state index contributed by atoms with van der Waals surface area (Å²) in [6.45, 7) is 6.68. The van der Waals surface area contributed by atoms with Gasteiger partial charge in [0.25, 0.3) is 0 Å². The molecule has 264 valence electrons. The molecule has 1 unspecified atom stereocenters. The Bertz CT molecular complexity index is 1250. The van der Waals surface area contributed by atoms with Crippen LogP contribution in [-0.4, -0.2) is 100 Å². The minimum absolute atomic E-state index is 0. The second-order valence-electron chi connectivity index (χ2n) is 15.4. The molecule has 16 heteroatoms. The van der Waals surface area contributed by atoms with Crippen molar-refractivity contribution in [2.24, 2.45) is 46.3 Å². The number of carbonyl (C=O) groups is 2. The largest absolute Gasteiger partial charge is 1.00 e. The molecule has 0 spiro atoms. The third-order valence-electron chi connectivity index (χ3n) is 13.0. The quantitative estimate of drug-likeness (QED) is 0.0799. The molecule has 1 aliphatic heterocycles. The molecule has 13 nitrogen and oxygen atoms in total. The van der Waals surface area contributed by atoms with Crippen molar-refractivity contribution in [1.29, 1.82) is 0 Å². The molecule has 4 saturated carbocycles. The summed E-state index contributed by atoms with van der Waals surface area (Å²) in [5.74, 6) is -0.909. The zero-order valence-corrected chi connectivity index (χ0v) is 36.0. The smallest absolute Gasteiger partial charge is 0.748 e. The molecule has 5 N–H and O–H groups in total. The number of rotatable bonds is 10. The molecule has 5 aliphatic rings. The number of hydrogen-bond acceptors (Lipinski definition) is 12. The predicted molar refractivity (Wildman–Crippen MR) is 159 cm³/mol. The number of carboxylic acids is 1. The first-order chi connectivity index (χ1) is 21.5. The number of ether oxygens (including phenoxy) is 2. The first-order valence-electron chi connectivity index (χ1n) is 16.9. The first kappa shape index (κ1) is 44.3. The Morgan fingerprint density at radius 2 is 1.60 bits per heavy atom. The Labute approximate surface area is 369 Å². The van der Waals surface area contributed by atoms with Gasteiger partial charge < -0.3 is 49.7 Å². The Balaban J connectivity index is 0.00000312. The van der Waals surface area contributed by atoms with Crippen LogP contribution in [0.15, 0.2) is 0 Å². The summed E-state index contributed by atoms with van der Waals surface area (Å²) in [7, 11) is -4.37. The molecular formula is C32H51K2NO12S. The molecule has 1 saturated heterocycles. The van der Waals surface area contributed by atoms with Gasteiger partial charge in [-0.25, -0.2) is 8.42 Å². The van der Waals surface area contributed by atoms with Gasteiger partial charge in [-0.2, -0.15) is 0 Å². The molecule has 5 fully saturated rings. The molecule has 1 amide bonds. The van der Waals surface area contributed by atoms with Crippen molar-refractivity contribution < 1.29 is 160 Å². The van der Waals surface area contributed by atoms with Gasteiger partial charge in [0.2, 0.25) is 5.91 Å². The molecule has 0 aromatic heterocycles. The minimum Gasteiger partial charge on any atom is -0.748 e. The summed E-state index contributed by atoms with van der Waals surface area (Å²) in [4.78, 5) is 23.7. The van der Waals surface area contributed by atoms with Gasteiger partial charge in [0, 0.05) is 13.0 Å². The molecule has 0 aromatic rings. The van der Waals surface area contributed by atoms with Crippen LogP contribution in [0, 0.1) is 46.3 Å². The molecule has 5 rings (SSSR count). The third kappa shape index (κ3) is 9.21. The Morgan fingerprint density at radius 3 is 2.25 bits per heavy atom. The molecule has 0 radical (unpaired) electrons. The molecule has 48 heavy (non-hydrogen) atoms. The fraction of sp³-hybridized carbons (Fsp3) is 0.938. The summed E-state index contributed by atoms with van der Waals surface area (Å²) in [6.07, 6.45) is -1.62. The topological polar surface area (TPSA) is 226 Å². The van der Waals surface area contributed by atoms with E-state index in [1.807, 2.05) is 0 Å². The molecule has 1 heterocycles. The first-order valence-corrected chi connectivity index (χ1v) is 18.5. The number of nitrogens with one attached hydrogen (secondary N) is 1. The monoisotopic (exact) mass is 751 g/mol. The van der Waals surface area contributed by atoms with Gasteiger partial charge in [0.05, 0.1) is 34.0 Å². The summed E-state index contributed by atoms with van der Waals surface area (Å²) < 4.78 is 43.8. The molecule has 0 aromatic carbocycles. The zero-order chi connectivity index (χ0) is 33.8. The van der Waals surface area contributed by atoms with Gasteiger partial charge in [-0.15, -0.1) is 0 Å². The number of fused-ring (bicyclic) bond motifs is 5. The van der Waals surface area contributed by atoms with E-state index in [2.05, 4.69) is 26.1 Å². The van der Waals surface area contributed by atoms with E-state index in [0.29, 0.717) is 43.4 Å². The van der Waals surface area contributed by atoms with Crippen LogP contribution in [-0.2, 0) is 29.2 Å². The molecule has 4 aliphatic carbocycles. The summed E-state index contributed by atoms with van der Waals surface area (Å²) in [5.41, 5.74) is 0.00724. The van der Waals surface area contributed by atoms with Crippen LogP contribution in [0.2, 0.25) is 0 Å². The Morgan fingerprint density at radius 1 is 0.958 bits per heavy atom. The van der Waals surface area contributed by atoms with Crippen LogP contribution in [0.4, 0.5) is 0 Å². The van der Waals surface area contributed by atoms with Gasteiger partial charge in [0.1, 0.15) is 24.4 Å². The fourth-order valence-corrected chi connectivity index (χ4v) is 10.9. The van der Waals surface area contributed by atoms with Gasteiger partial charge in [-0.3, -0.25) is 4.79 Å². The molecule has 0 bridgehead atoms. The predicted octanol–water partition coefficient (Wildman–Crippen LogP) is -6.36. The van der Waals surface area contributed by atoms with Crippen molar-refractivity contribution >= 4 is 22.0 Å². The van der Waals surface area contributed by atoms with Gasteiger partial charge in [-0.1, -0.05) is 20.8 Å². The Kier molecular flexibility index (Phi) is 16.2. The number of hydrogen-bond donors (Lipinski definition) is 5. The van der Waals surface area contributed by atoms with Crippen LogP contribution in [0.5, 0.6) is 0 Å². The van der Waals surface area contributed by atoms with Crippen LogP contribution in [0.3, 0.4) is 0 Å². The fourth-order valence-electron chi connectivity index (χ4n) is 10.6. The maximum atomic E-state index is 12.3. The standard InChI is InChI=1S/C32H53NO12S.2K/c1-16(4-7-23(35)33-12-13-46(41,42)43)19-5-6-20-24-21(9-11-32(19,20)3)31(2)10-8-18(14-17(31)15-22(24)34)44-30-27(38)25(36)26(37)28(45-30)29(39)40;;/h16-22,24-28,30,34,36-38H,4-15H2,1-3H3,(H,33,35)(H,39,40)(H,41,42,43);;/q;2*+1/p-2/t16-,17+,18-,19-,20+,21+,22+,24+,25?,26+,27-,28+,30-,31+,32-;;/m1../s1. The van der Waals surface area contributed by atoms with Crippen molar-refractivity contribution in [3.05, 3.63) is 0 Å². The SMILES string of the molecule is C[C@H](CCC(=O)NCCS(=O)(=O)[O-])[C@H]1CC[C@H]2[C@@H]3[C@@H](O)C[C@@H]4C[C@H](O[C@@H]5O[C@H](C(=O)[O-])[C@@H](O)C(O)[C@H]5O)CC[C@]4(C)[C@H]3CC[C@]12C.[K+].[K+]. The summed E-state index contributed by atoms with van der Waals surface area (Å²) in [5, 5.41) is 56.3. The number of aliphatic hydroxyl groups excluding tert-OH is 4. The Hall–Kier alpha value is 1.88. The summed E-state index contributed by atoms with van der Waals surface area (Å²) >= 11 is 0. The second kappa shape index (κ2) is 17.6. The third-order valence-corrected chi connectivity index (χ3v) is 13.7. The van der Waals surface area contributed by atoms with E-state index in [4.69, 9.17) is 9.47 Å². The van der Waals surface area contributed by atoms with Crippen molar-refractivity contribution in [1.82, 2.24) is 5.32 Å². The van der Waals surface area contributed by atoms with Gasteiger partial charge in [-0.05, 0) is 104 Å². The van der Waals surface area contributed by atoms with Crippen LogP contribution < -0.4 is 113 Å². The maximum absolute atomic E-state index is 12.3. The number of aliphatic carboxylic acids is 1. The van der Waals surface area contributed by atoms with E-state index < -0.39 is 58.7 Å². The van der Waals surface area contributed by atoms with Crippen molar-refractivity contribution in [3.8, 4) is 0 Å². The zero-order valence-electron chi connectivity index (χ0n) is 29.0. The van der Waals surface area contributed by atoms with Gasteiger partial charge >= 0.3 is 103 Å². The van der Waals surface area contributed by atoms with Crippen molar-refractivity contribution in [2.45, 2.75) is 128 Å². The normalized spacial score (nSPS) is 44.5. The average molecular weight is 752 g/mol. The minimum atomic E-state index is -4.37. The number of amides is 1. The van der Waals surface area contributed by atoms with Gasteiger partial charge in [0.15, 0.2) is 6.29 Å². The van der Waals surface area contributed by atoms with Crippen LogP contribution in [0.25, 0.3) is 0 Å². The number of carbonyl (C=O) groups excluding carboxylic acids is 2. The number of aliphatic hydroxyl groups is 4. The number of carboxylic acid groups (broad SMARTS) is 1. The van der Waals surface area contributed by atoms with Crippen molar-refractivity contribution in [2.75, 3.05) is 12.3 Å². The van der Waals surface area contributed by atoms with Crippen LogP contribution in [0.1, 0.15) is 85.0 Å². The van der Waals surface area contributed by atoms with E-state index in [1.165, 1.54) is 0 Å². The van der Waals surface area contributed by atoms with E-state index in [1.54, 1.807) is 0 Å². The van der Waals surface area contributed by atoms with Crippen LogP contribution >= 0.6 is 0 Å². The van der Waals surface area contributed by atoms with E-state index >= 15 is 0 Å². The van der Waals surface area contributed by atoms with E-state index in [9.17, 15) is 48.1 Å². The van der Waals surface area contributed by atoms with Crippen molar-refractivity contribution in [3.63, 3.8) is 0 Å². The summed E-state index contributed by atoms with van der Waals surface area (Å²) in [6, 6.07) is 0.